The van der Waals surface area contributed by atoms with Gasteiger partial charge >= 0.3 is 12.0 Å². The number of amides is 4. The minimum atomic E-state index is -1.46. The molecule has 264 valence electrons. The Bertz CT molecular complexity index is 1820. The van der Waals surface area contributed by atoms with E-state index in [9.17, 15) is 29.1 Å². The summed E-state index contributed by atoms with van der Waals surface area (Å²) >= 11 is 3.00. The summed E-state index contributed by atoms with van der Waals surface area (Å²) in [6.45, 7) is -0.00344. The molecule has 14 heteroatoms. The molecule has 0 aromatic carbocycles. The van der Waals surface area contributed by atoms with Crippen molar-refractivity contribution in [2.75, 3.05) is 6.54 Å². The normalized spacial score (nSPS) is 27.5. The van der Waals surface area contributed by atoms with Crippen molar-refractivity contribution in [3.63, 3.8) is 0 Å². The highest BCUT2D eigenvalue weighted by Gasteiger charge is 2.61. The molecule has 4 amide bonds. The van der Waals surface area contributed by atoms with Crippen LogP contribution in [0, 0.1) is 5.92 Å². The molecule has 50 heavy (non-hydrogen) atoms. The van der Waals surface area contributed by atoms with Gasteiger partial charge in [-0.2, -0.15) is 27.8 Å². The molecule has 3 aromatic heterocycles. The summed E-state index contributed by atoms with van der Waals surface area (Å²) in [7, 11) is 0. The maximum atomic E-state index is 14.5. The van der Waals surface area contributed by atoms with Crippen molar-refractivity contribution in [3.8, 4) is 22.3 Å². The zero-order chi connectivity index (χ0) is 34.8. The second kappa shape index (κ2) is 14.5. The monoisotopic (exact) mass is 718 g/mol. The summed E-state index contributed by atoms with van der Waals surface area (Å²) < 4.78 is 1.36. The average molecular weight is 719 g/mol. The number of carbonyl (C=O) groups is 4. The number of thiophene rings is 2. The molecular formula is C36H42N6O6S2. The van der Waals surface area contributed by atoms with Gasteiger partial charge < -0.3 is 26.0 Å². The Morgan fingerprint density at radius 3 is 2.42 bits per heavy atom. The molecule has 1 saturated heterocycles. The first-order valence-corrected chi connectivity index (χ1v) is 19.4. The highest BCUT2D eigenvalue weighted by Crippen LogP contribution is 2.45. The van der Waals surface area contributed by atoms with Crippen LogP contribution in [0.25, 0.3) is 22.3 Å². The van der Waals surface area contributed by atoms with Crippen LogP contribution in [0.3, 0.4) is 0 Å². The van der Waals surface area contributed by atoms with Crippen LogP contribution < -0.4 is 21.5 Å². The fourth-order valence-corrected chi connectivity index (χ4v) is 9.06. The standard InChI is InChI=1S/C36H42N6O6S2/c43-31-29-16-26(42-33(45)30(23-13-15-50-21-23)27(18-37-42)22-12-14-49-20-22)19-41(29)32(44)28(39-35(48)38-25-9-6-7-10-25)11-5-3-1-2-4-8-24-17-36(24,40-31)34(46)47/h4,8,12-15,18,20-21,24-26,28-29H,1-3,5-7,9-11,16-17,19H2,(H,40,43)(H,46,47)(H2,38,39,48)/t24-,26+,28+,29+,36-/m1/s1. The van der Waals surface area contributed by atoms with Crippen molar-refractivity contribution >= 4 is 46.5 Å². The third-order valence-electron chi connectivity index (χ3n) is 10.6. The first-order valence-electron chi connectivity index (χ1n) is 17.5. The van der Waals surface area contributed by atoms with Crippen LogP contribution >= 0.6 is 22.7 Å². The molecule has 0 radical (unpaired) electrons. The summed E-state index contributed by atoms with van der Waals surface area (Å²) in [6, 6.07) is 0.817. The van der Waals surface area contributed by atoms with Crippen molar-refractivity contribution in [2.24, 2.45) is 5.92 Å². The predicted octanol–water partition coefficient (Wildman–Crippen LogP) is 4.93. The number of hydrogen-bond acceptors (Lipinski definition) is 8. The number of nitrogens with one attached hydrogen (secondary N) is 3. The van der Waals surface area contributed by atoms with Gasteiger partial charge in [0.15, 0.2) is 0 Å². The Morgan fingerprint density at radius 1 is 0.960 bits per heavy atom. The minimum absolute atomic E-state index is 0.00344. The molecule has 2 saturated carbocycles. The Hall–Kier alpha value is -4.30. The van der Waals surface area contributed by atoms with Crippen LogP contribution in [0.5, 0.6) is 0 Å². The molecule has 7 rings (SSSR count). The number of carbonyl (C=O) groups excluding carboxylic acids is 3. The van der Waals surface area contributed by atoms with Crippen molar-refractivity contribution in [1.82, 2.24) is 30.6 Å². The maximum Gasteiger partial charge on any atom is 0.330 e. The van der Waals surface area contributed by atoms with Gasteiger partial charge in [-0.15, -0.1) is 0 Å². The lowest BCUT2D eigenvalue weighted by atomic mass is 10.0. The molecule has 4 aliphatic rings. The van der Waals surface area contributed by atoms with Crippen molar-refractivity contribution in [1.29, 1.82) is 0 Å². The molecule has 12 nitrogen and oxygen atoms in total. The molecule has 2 aliphatic carbocycles. The first kappa shape index (κ1) is 34.2. The maximum absolute atomic E-state index is 14.5. The van der Waals surface area contributed by atoms with Crippen LogP contribution in [-0.4, -0.2) is 73.8 Å². The minimum Gasteiger partial charge on any atom is -0.479 e. The van der Waals surface area contributed by atoms with E-state index in [2.05, 4.69) is 21.0 Å². The van der Waals surface area contributed by atoms with E-state index in [-0.39, 0.29) is 36.9 Å². The smallest absolute Gasteiger partial charge is 0.330 e. The van der Waals surface area contributed by atoms with Gasteiger partial charge in [-0.3, -0.25) is 14.4 Å². The second-order valence-corrected chi connectivity index (χ2v) is 15.5. The zero-order valence-corrected chi connectivity index (χ0v) is 29.3. The fourth-order valence-electron chi connectivity index (χ4n) is 7.76. The summed E-state index contributed by atoms with van der Waals surface area (Å²) in [5.41, 5.74) is 1.02. The van der Waals surface area contributed by atoms with E-state index in [4.69, 9.17) is 0 Å². The molecule has 0 bridgehead atoms. The molecule has 5 atom stereocenters. The molecule has 3 fully saturated rings. The van der Waals surface area contributed by atoms with E-state index in [0.29, 0.717) is 24.0 Å². The molecule has 3 aromatic rings. The summed E-state index contributed by atoms with van der Waals surface area (Å²) in [5.74, 6) is -2.50. The van der Waals surface area contributed by atoms with Gasteiger partial charge in [0, 0.05) is 30.5 Å². The van der Waals surface area contributed by atoms with Gasteiger partial charge in [0.2, 0.25) is 11.8 Å². The van der Waals surface area contributed by atoms with Crippen molar-refractivity contribution < 1.29 is 24.3 Å². The number of aromatic nitrogens is 2. The lowest BCUT2D eigenvalue weighted by Gasteiger charge is -2.30. The lowest BCUT2D eigenvalue weighted by molar-refractivity contribution is -0.145. The highest BCUT2D eigenvalue weighted by molar-refractivity contribution is 7.08. The first-order chi connectivity index (χ1) is 24.2. The average Bonchev–Trinajstić information content (AvgIpc) is 3.77. The number of nitrogens with zero attached hydrogens (tertiary/aromatic N) is 3. The highest BCUT2D eigenvalue weighted by atomic mass is 32.1. The second-order valence-electron chi connectivity index (χ2n) is 13.9. The molecule has 4 N–H and O–H groups in total. The van der Waals surface area contributed by atoms with Gasteiger partial charge in [-0.05, 0) is 83.3 Å². The van der Waals surface area contributed by atoms with E-state index in [0.717, 1.165) is 56.1 Å². The van der Waals surface area contributed by atoms with Crippen LogP contribution in [-0.2, 0) is 14.4 Å². The van der Waals surface area contributed by atoms with E-state index in [1.165, 1.54) is 32.3 Å². The van der Waals surface area contributed by atoms with E-state index in [1.807, 2.05) is 45.8 Å². The van der Waals surface area contributed by atoms with E-state index < -0.39 is 47.5 Å². The van der Waals surface area contributed by atoms with E-state index >= 15 is 0 Å². The number of fused-ring (bicyclic) bond motifs is 2. The number of rotatable bonds is 6. The van der Waals surface area contributed by atoms with Crippen molar-refractivity contribution in [2.45, 2.75) is 100 Å². The predicted molar refractivity (Wildman–Crippen MR) is 191 cm³/mol. The molecular weight excluding hydrogens is 677 g/mol. The molecule has 5 heterocycles. The van der Waals surface area contributed by atoms with Gasteiger partial charge in [0.25, 0.3) is 5.56 Å². The number of aliphatic carboxylic acids is 1. The van der Waals surface area contributed by atoms with Gasteiger partial charge in [-0.25, -0.2) is 14.3 Å². The zero-order valence-electron chi connectivity index (χ0n) is 27.7. The topological polar surface area (TPSA) is 163 Å². The third-order valence-corrected chi connectivity index (χ3v) is 12.0. The Balaban J connectivity index is 1.23. The molecule has 0 unspecified atom stereocenters. The van der Waals surface area contributed by atoms with Crippen LogP contribution in [0.15, 0.2) is 56.8 Å². The quantitative estimate of drug-likeness (QED) is 0.263. The number of hydrogen-bond donors (Lipinski definition) is 4. The number of urea groups is 1. The Morgan fingerprint density at radius 2 is 1.70 bits per heavy atom. The summed E-state index contributed by atoms with van der Waals surface area (Å²) in [6.07, 6.45) is 13.2. The van der Waals surface area contributed by atoms with Gasteiger partial charge in [-0.1, -0.05) is 37.8 Å². The Labute approximate surface area is 298 Å². The lowest BCUT2D eigenvalue weighted by Crippen LogP contribution is -2.57. The summed E-state index contributed by atoms with van der Waals surface area (Å²) in [5, 5.41) is 31.2. The molecule has 0 spiro atoms. The van der Waals surface area contributed by atoms with Crippen molar-refractivity contribution in [3.05, 3.63) is 62.4 Å². The summed E-state index contributed by atoms with van der Waals surface area (Å²) in [4.78, 5) is 70.0. The van der Waals surface area contributed by atoms with E-state index in [1.54, 1.807) is 6.20 Å². The SMILES string of the molecule is O=C(NC1CCCC1)N[C@H]1CCCCCC=C[C@@H]2C[C@@]2(C(=O)O)NC(=O)[C@@H]2C[C@H](n3ncc(-c4ccsc4)c(-c4ccsc4)c3=O)CN2C1=O. The molecule has 2 aliphatic heterocycles. The number of carboxylic acids is 1. The van der Waals surface area contributed by atoms with Crippen LogP contribution in [0.2, 0.25) is 0 Å². The number of carboxylic acid groups (broad SMARTS) is 1. The van der Waals surface area contributed by atoms with Gasteiger partial charge in [0.05, 0.1) is 17.8 Å². The van der Waals surface area contributed by atoms with Crippen LogP contribution in [0.1, 0.15) is 76.7 Å². The Kier molecular flexibility index (Phi) is 9.91. The largest absolute Gasteiger partial charge is 0.479 e. The van der Waals surface area contributed by atoms with Gasteiger partial charge in [0.1, 0.15) is 17.6 Å². The third kappa shape index (κ3) is 6.87. The van der Waals surface area contributed by atoms with Crippen LogP contribution in [0.4, 0.5) is 4.79 Å². The fraction of sp³-hybridized carbons (Fsp3) is 0.500. The number of allylic oxidation sites excluding steroid dienone is 1.